The van der Waals surface area contributed by atoms with Crippen molar-refractivity contribution in [3.63, 3.8) is 0 Å². The summed E-state index contributed by atoms with van der Waals surface area (Å²) in [6, 6.07) is 7.58. The molecule has 10 heteroatoms. The van der Waals surface area contributed by atoms with Crippen LogP contribution in [-0.4, -0.2) is 54.3 Å². The molecule has 160 valence electrons. The molecule has 0 saturated carbocycles. The average Bonchev–Trinajstić information content (AvgIpc) is 3.29. The van der Waals surface area contributed by atoms with Gasteiger partial charge in [0.25, 0.3) is 0 Å². The van der Waals surface area contributed by atoms with Crippen molar-refractivity contribution in [1.29, 1.82) is 0 Å². The van der Waals surface area contributed by atoms with Gasteiger partial charge in [-0.1, -0.05) is 12.1 Å². The maximum atomic E-state index is 12.9. The maximum Gasteiger partial charge on any atom is 0.329 e. The predicted octanol–water partition coefficient (Wildman–Crippen LogP) is 0.863. The van der Waals surface area contributed by atoms with Gasteiger partial charge in [0.15, 0.2) is 0 Å². The van der Waals surface area contributed by atoms with Crippen LogP contribution in [0.2, 0.25) is 0 Å². The molecule has 0 spiro atoms. The fraction of sp³-hybridized carbons (Fsp3) is 0.500. The monoisotopic (exact) mass is 431 g/mol. The lowest BCUT2D eigenvalue weighted by molar-refractivity contribution is -0.132. The van der Waals surface area contributed by atoms with E-state index in [1.165, 1.54) is 0 Å². The third-order valence-electron chi connectivity index (χ3n) is 6.21. The smallest absolute Gasteiger partial charge is 0.329 e. The molecule has 1 fully saturated rings. The molecule has 1 amide bonds. The van der Waals surface area contributed by atoms with Crippen molar-refractivity contribution in [2.45, 2.75) is 38.4 Å². The van der Waals surface area contributed by atoms with Crippen molar-refractivity contribution in [2.24, 2.45) is 7.05 Å². The van der Waals surface area contributed by atoms with E-state index in [1.54, 1.807) is 16.2 Å². The number of hydrogen-bond donors (Lipinski definition) is 1. The zero-order valence-corrected chi connectivity index (χ0v) is 17.8. The van der Waals surface area contributed by atoms with Gasteiger partial charge >= 0.3 is 5.69 Å². The summed E-state index contributed by atoms with van der Waals surface area (Å²) < 4.78 is 5.40. The number of carbonyl (C=O) groups excluding carboxylic acids is 1. The molecule has 30 heavy (non-hydrogen) atoms. The van der Waals surface area contributed by atoms with E-state index in [4.69, 9.17) is 0 Å². The van der Waals surface area contributed by atoms with Crippen LogP contribution in [-0.2, 0) is 31.5 Å². The molecule has 0 unspecified atom stereocenters. The highest BCUT2D eigenvalue weighted by Crippen LogP contribution is 2.28. The van der Waals surface area contributed by atoms with Gasteiger partial charge in [0.05, 0.1) is 17.6 Å². The van der Waals surface area contributed by atoms with Crippen LogP contribution in [0.4, 0.5) is 0 Å². The minimum Gasteiger partial charge on any atom is -0.341 e. The van der Waals surface area contributed by atoms with E-state index < -0.39 is 0 Å². The van der Waals surface area contributed by atoms with Gasteiger partial charge < -0.3 is 14.8 Å². The number of fused-ring (bicyclic) bond motifs is 2. The van der Waals surface area contributed by atoms with Gasteiger partial charge in [0, 0.05) is 39.1 Å². The number of rotatable bonds is 3. The van der Waals surface area contributed by atoms with Crippen molar-refractivity contribution in [3.8, 4) is 0 Å². The lowest BCUT2D eigenvalue weighted by Crippen LogP contribution is -2.41. The van der Waals surface area contributed by atoms with Crippen LogP contribution in [0.15, 0.2) is 29.1 Å². The SMILES string of the molecule is Cl.Cn1c(=O)n(CC(=O)N2CCC(c3nnc4n3CCNC4)CC2)c2ccccc21. The predicted molar refractivity (Wildman–Crippen MR) is 115 cm³/mol. The molecule has 1 N–H and O–H groups in total. The van der Waals surface area contributed by atoms with Crippen molar-refractivity contribution in [2.75, 3.05) is 19.6 Å². The topological polar surface area (TPSA) is 90.0 Å². The number of nitrogens with one attached hydrogen (secondary N) is 1. The first-order valence-electron chi connectivity index (χ1n) is 10.2. The van der Waals surface area contributed by atoms with E-state index in [0.29, 0.717) is 19.0 Å². The Labute approximate surface area is 180 Å². The van der Waals surface area contributed by atoms with Crippen LogP contribution in [0.3, 0.4) is 0 Å². The number of nitrogens with zero attached hydrogens (tertiary/aromatic N) is 6. The molecule has 1 saturated heterocycles. The number of amides is 1. The largest absolute Gasteiger partial charge is 0.341 e. The number of imidazole rings is 1. The molecule has 2 aromatic heterocycles. The van der Waals surface area contributed by atoms with Gasteiger partial charge in [-0.15, -0.1) is 22.6 Å². The third kappa shape index (κ3) is 3.41. The number of piperidine rings is 1. The number of aromatic nitrogens is 5. The molecule has 0 bridgehead atoms. The van der Waals surface area contributed by atoms with E-state index >= 15 is 0 Å². The first-order valence-corrected chi connectivity index (χ1v) is 10.2. The normalized spacial score (nSPS) is 17.0. The first kappa shape index (κ1) is 20.6. The molecule has 9 nitrogen and oxygen atoms in total. The second-order valence-electron chi connectivity index (χ2n) is 7.87. The van der Waals surface area contributed by atoms with Crippen LogP contribution < -0.4 is 11.0 Å². The Kier molecular flexibility index (Phi) is 5.66. The average molecular weight is 432 g/mol. The van der Waals surface area contributed by atoms with E-state index in [0.717, 1.165) is 55.2 Å². The molecule has 2 aliphatic rings. The van der Waals surface area contributed by atoms with Crippen LogP contribution in [0.5, 0.6) is 0 Å². The van der Waals surface area contributed by atoms with Crippen molar-refractivity contribution >= 4 is 29.3 Å². The highest BCUT2D eigenvalue weighted by atomic mass is 35.5. The molecule has 2 aliphatic heterocycles. The van der Waals surface area contributed by atoms with E-state index in [-0.39, 0.29) is 30.5 Å². The van der Waals surface area contributed by atoms with E-state index in [1.807, 2.05) is 29.2 Å². The number of likely N-dealkylation sites (tertiary alicyclic amines) is 1. The number of halogens is 1. The molecule has 0 atom stereocenters. The summed E-state index contributed by atoms with van der Waals surface area (Å²) in [6.07, 6.45) is 1.75. The van der Waals surface area contributed by atoms with Gasteiger partial charge in [-0.2, -0.15) is 0 Å². The molecule has 5 rings (SSSR count). The molecule has 4 heterocycles. The van der Waals surface area contributed by atoms with Crippen molar-refractivity contribution in [3.05, 3.63) is 46.4 Å². The summed E-state index contributed by atoms with van der Waals surface area (Å²) >= 11 is 0. The first-order chi connectivity index (χ1) is 14.1. The molecule has 0 aliphatic carbocycles. The second kappa shape index (κ2) is 8.23. The second-order valence-corrected chi connectivity index (χ2v) is 7.87. The van der Waals surface area contributed by atoms with Crippen LogP contribution in [0, 0.1) is 0 Å². The van der Waals surface area contributed by atoms with Crippen molar-refractivity contribution in [1.82, 2.24) is 34.1 Å². The van der Waals surface area contributed by atoms with Crippen molar-refractivity contribution < 1.29 is 4.79 Å². The molecular formula is C20H26ClN7O2. The quantitative estimate of drug-likeness (QED) is 0.664. The van der Waals surface area contributed by atoms with Gasteiger partial charge in [0.2, 0.25) is 5.91 Å². The zero-order valence-electron chi connectivity index (χ0n) is 17.0. The van der Waals surface area contributed by atoms with Gasteiger partial charge in [-0.3, -0.25) is 13.9 Å². The Morgan fingerprint density at radius 2 is 1.87 bits per heavy atom. The number of carbonyl (C=O) groups is 1. The van der Waals surface area contributed by atoms with Gasteiger partial charge in [-0.05, 0) is 25.0 Å². The summed E-state index contributed by atoms with van der Waals surface area (Å²) in [6.45, 7) is 4.06. The third-order valence-corrected chi connectivity index (χ3v) is 6.21. The standard InChI is InChI=1S/C20H25N7O2.ClH/c1-24-15-4-2-3-5-16(15)27(20(24)29)13-18(28)25-9-6-14(7-10-25)19-23-22-17-12-21-8-11-26(17)19;/h2-5,14,21H,6-13H2,1H3;1H. The molecule has 1 aromatic carbocycles. The summed E-state index contributed by atoms with van der Waals surface area (Å²) in [4.78, 5) is 27.4. The number of para-hydroxylation sites is 2. The summed E-state index contributed by atoms with van der Waals surface area (Å²) in [5.41, 5.74) is 1.49. The van der Waals surface area contributed by atoms with Gasteiger partial charge in [0.1, 0.15) is 18.2 Å². The van der Waals surface area contributed by atoms with Gasteiger partial charge in [-0.25, -0.2) is 4.79 Å². The number of aryl methyl sites for hydroxylation is 1. The Morgan fingerprint density at radius 1 is 1.13 bits per heavy atom. The molecule has 3 aromatic rings. The lowest BCUT2D eigenvalue weighted by atomic mass is 9.95. The molecular weight excluding hydrogens is 406 g/mol. The van der Waals surface area contributed by atoms with Crippen LogP contribution >= 0.6 is 12.4 Å². The Hall–Kier alpha value is -2.65. The Morgan fingerprint density at radius 3 is 2.63 bits per heavy atom. The minimum absolute atomic E-state index is 0. The Balaban J connectivity index is 0.00000218. The van der Waals surface area contributed by atoms with Crippen LogP contribution in [0.25, 0.3) is 11.0 Å². The minimum atomic E-state index is -0.155. The Bertz CT molecular complexity index is 1120. The maximum absolute atomic E-state index is 12.9. The highest BCUT2D eigenvalue weighted by molar-refractivity contribution is 5.85. The fourth-order valence-corrected chi connectivity index (χ4v) is 4.55. The summed E-state index contributed by atoms with van der Waals surface area (Å²) in [7, 11) is 1.74. The number of benzene rings is 1. The van der Waals surface area contributed by atoms with E-state index in [2.05, 4.69) is 20.1 Å². The molecule has 0 radical (unpaired) electrons. The number of hydrogen-bond acceptors (Lipinski definition) is 5. The lowest BCUT2D eigenvalue weighted by Gasteiger charge is -2.32. The van der Waals surface area contributed by atoms with Crippen LogP contribution in [0.1, 0.15) is 30.4 Å². The highest BCUT2D eigenvalue weighted by Gasteiger charge is 2.29. The fourth-order valence-electron chi connectivity index (χ4n) is 4.55. The summed E-state index contributed by atoms with van der Waals surface area (Å²) in [5.74, 6) is 2.38. The zero-order chi connectivity index (χ0) is 20.0. The van der Waals surface area contributed by atoms with E-state index in [9.17, 15) is 9.59 Å². The summed E-state index contributed by atoms with van der Waals surface area (Å²) in [5, 5.41) is 12.1.